The number of aryl methyl sites for hydroxylation is 1. The van der Waals surface area contributed by atoms with Gasteiger partial charge < -0.3 is 9.73 Å². The van der Waals surface area contributed by atoms with E-state index in [4.69, 9.17) is 9.56 Å². The lowest BCUT2D eigenvalue weighted by molar-refractivity contribution is -0.120. The Bertz CT molecular complexity index is 1020. The summed E-state index contributed by atoms with van der Waals surface area (Å²) < 4.78 is 28.1. The molecule has 0 aliphatic rings. The average molecular weight is 378 g/mol. The van der Waals surface area contributed by atoms with E-state index in [0.717, 1.165) is 39.2 Å². The van der Waals surface area contributed by atoms with Crippen LogP contribution in [0.4, 0.5) is 0 Å². The van der Waals surface area contributed by atoms with Gasteiger partial charge >= 0.3 is 0 Å². The quantitative estimate of drug-likeness (QED) is 0.688. The normalized spacial score (nSPS) is 11.8. The number of benzene rings is 1. The van der Waals surface area contributed by atoms with Crippen LogP contribution >= 0.6 is 11.3 Å². The number of sulfonamides is 1. The molecule has 3 rings (SSSR count). The highest BCUT2D eigenvalue weighted by molar-refractivity contribution is 7.91. The highest BCUT2D eigenvalue weighted by Crippen LogP contribution is 2.23. The number of amides is 1. The van der Waals surface area contributed by atoms with Crippen molar-refractivity contribution in [3.63, 3.8) is 0 Å². The van der Waals surface area contributed by atoms with Crippen LogP contribution in [-0.2, 0) is 34.2 Å². The van der Waals surface area contributed by atoms with Crippen LogP contribution in [0.2, 0.25) is 0 Å². The molecule has 0 fully saturated rings. The van der Waals surface area contributed by atoms with Gasteiger partial charge in [0, 0.05) is 15.8 Å². The molecule has 2 heterocycles. The summed E-state index contributed by atoms with van der Waals surface area (Å²) in [5, 5.41) is 8.79. The van der Waals surface area contributed by atoms with E-state index in [1.54, 1.807) is 12.3 Å². The van der Waals surface area contributed by atoms with Crippen LogP contribution in [0.5, 0.6) is 0 Å². The zero-order valence-corrected chi connectivity index (χ0v) is 15.2. The van der Waals surface area contributed by atoms with Gasteiger partial charge in [-0.25, -0.2) is 13.6 Å². The first-order valence-corrected chi connectivity index (χ1v) is 10.1. The first-order valence-electron chi connectivity index (χ1n) is 7.74. The third-order valence-electron chi connectivity index (χ3n) is 3.86. The van der Waals surface area contributed by atoms with E-state index in [1.807, 2.05) is 18.2 Å². The van der Waals surface area contributed by atoms with Gasteiger partial charge in [0.1, 0.15) is 9.79 Å². The molecule has 0 bridgehead atoms. The lowest BCUT2D eigenvalue weighted by Crippen LogP contribution is -2.24. The molecule has 0 atom stereocenters. The first-order chi connectivity index (χ1) is 11.9. The second-order valence-corrected chi connectivity index (χ2v) is 8.62. The summed E-state index contributed by atoms with van der Waals surface area (Å²) in [6, 6.07) is 9.06. The summed E-state index contributed by atoms with van der Waals surface area (Å²) >= 11 is 1.05. The maximum Gasteiger partial charge on any atom is 0.247 e. The lowest BCUT2D eigenvalue weighted by Gasteiger charge is -2.03. The van der Waals surface area contributed by atoms with Gasteiger partial charge in [0.15, 0.2) is 0 Å². The van der Waals surface area contributed by atoms with Crippen LogP contribution in [0.1, 0.15) is 22.9 Å². The molecular formula is C17H18N2O4S2. The summed E-state index contributed by atoms with van der Waals surface area (Å²) in [6.45, 7) is 2.33. The van der Waals surface area contributed by atoms with Crippen molar-refractivity contribution >= 4 is 38.2 Å². The molecule has 0 saturated carbocycles. The fourth-order valence-electron chi connectivity index (χ4n) is 2.51. The Kier molecular flexibility index (Phi) is 4.94. The molecule has 0 unspecified atom stereocenters. The molecule has 3 aromatic rings. The average Bonchev–Trinajstić information content (AvgIpc) is 3.19. The second-order valence-electron chi connectivity index (χ2n) is 5.66. The molecular weight excluding hydrogens is 360 g/mol. The van der Waals surface area contributed by atoms with Crippen molar-refractivity contribution in [3.05, 3.63) is 52.6 Å². The highest BCUT2D eigenvalue weighted by Gasteiger charge is 2.13. The van der Waals surface area contributed by atoms with Crippen LogP contribution in [0.3, 0.4) is 0 Å². The smallest absolute Gasteiger partial charge is 0.247 e. The van der Waals surface area contributed by atoms with Crippen LogP contribution in [-0.4, -0.2) is 14.3 Å². The Labute approximate surface area is 149 Å². The van der Waals surface area contributed by atoms with Gasteiger partial charge in [-0.1, -0.05) is 19.1 Å². The number of thiophene rings is 1. The molecule has 0 aliphatic carbocycles. The third-order valence-corrected chi connectivity index (χ3v) is 6.38. The zero-order chi connectivity index (χ0) is 18.0. The molecule has 1 aromatic carbocycles. The summed E-state index contributed by atoms with van der Waals surface area (Å²) in [5.41, 5.74) is 2.78. The van der Waals surface area contributed by atoms with Crippen molar-refractivity contribution in [2.75, 3.05) is 0 Å². The number of rotatable bonds is 6. The standard InChI is InChI=1S/C17H18N2O4S2/c1-2-11-3-5-14-12(10-23-15(14)7-11)8-16(20)19-9-13-4-6-17(24-13)25(18,21)22/h3-7,10H,2,8-9H2,1H3,(H,19,20)(H2,18,21,22). The van der Waals surface area contributed by atoms with Crippen molar-refractivity contribution in [2.45, 2.75) is 30.5 Å². The van der Waals surface area contributed by atoms with Gasteiger partial charge in [-0.3, -0.25) is 4.79 Å². The van der Waals surface area contributed by atoms with Crippen molar-refractivity contribution in [3.8, 4) is 0 Å². The van der Waals surface area contributed by atoms with Crippen LogP contribution in [0, 0.1) is 0 Å². The number of carbonyl (C=O) groups is 1. The number of carbonyl (C=O) groups excluding carboxylic acids is 1. The van der Waals surface area contributed by atoms with Gasteiger partial charge in [-0.2, -0.15) is 0 Å². The van der Waals surface area contributed by atoms with E-state index >= 15 is 0 Å². The van der Waals surface area contributed by atoms with Gasteiger partial charge in [-0.05, 0) is 30.2 Å². The molecule has 0 radical (unpaired) electrons. The Morgan fingerprint density at radius 2 is 2.08 bits per heavy atom. The predicted octanol–water partition coefficient (Wildman–Crippen LogP) is 2.56. The maximum atomic E-state index is 12.2. The second kappa shape index (κ2) is 6.99. The minimum absolute atomic E-state index is 0.0873. The summed E-state index contributed by atoms with van der Waals surface area (Å²) in [5.74, 6) is -0.159. The summed E-state index contributed by atoms with van der Waals surface area (Å²) in [6.07, 6.45) is 2.73. The third kappa shape index (κ3) is 4.09. The van der Waals surface area contributed by atoms with Crippen molar-refractivity contribution < 1.29 is 17.6 Å². The van der Waals surface area contributed by atoms with Crippen LogP contribution in [0.15, 0.2) is 45.2 Å². The highest BCUT2D eigenvalue weighted by atomic mass is 32.2. The van der Waals surface area contributed by atoms with Crippen molar-refractivity contribution in [1.82, 2.24) is 5.32 Å². The number of primary sulfonamides is 1. The number of fused-ring (bicyclic) bond motifs is 1. The van der Waals surface area contributed by atoms with E-state index in [9.17, 15) is 13.2 Å². The number of hydrogen-bond acceptors (Lipinski definition) is 5. The Hall–Kier alpha value is -2.16. The van der Waals surface area contributed by atoms with Crippen molar-refractivity contribution in [2.24, 2.45) is 5.14 Å². The topological polar surface area (TPSA) is 102 Å². The molecule has 2 aromatic heterocycles. The van der Waals surface area contributed by atoms with Crippen molar-refractivity contribution in [1.29, 1.82) is 0 Å². The number of nitrogens with two attached hydrogens (primary N) is 1. The van der Waals surface area contributed by atoms with E-state index in [2.05, 4.69) is 12.2 Å². The van der Waals surface area contributed by atoms with E-state index in [0.29, 0.717) is 0 Å². The van der Waals surface area contributed by atoms with Crippen LogP contribution < -0.4 is 10.5 Å². The number of nitrogens with one attached hydrogen (secondary N) is 1. The Morgan fingerprint density at radius 1 is 1.28 bits per heavy atom. The minimum Gasteiger partial charge on any atom is -0.464 e. The maximum absolute atomic E-state index is 12.2. The molecule has 132 valence electrons. The Balaban J connectivity index is 1.64. The SMILES string of the molecule is CCc1ccc2c(CC(=O)NCc3ccc(S(N)(=O)=O)s3)coc2c1. The first kappa shape index (κ1) is 17.7. The predicted molar refractivity (Wildman–Crippen MR) is 96.8 cm³/mol. The molecule has 0 spiro atoms. The molecule has 0 aliphatic heterocycles. The van der Waals surface area contributed by atoms with Gasteiger partial charge in [0.25, 0.3) is 0 Å². The van der Waals surface area contributed by atoms with E-state index < -0.39 is 10.0 Å². The van der Waals surface area contributed by atoms with Gasteiger partial charge in [0.05, 0.1) is 19.2 Å². The van der Waals surface area contributed by atoms with E-state index in [-0.39, 0.29) is 23.1 Å². The number of hydrogen-bond donors (Lipinski definition) is 2. The van der Waals surface area contributed by atoms with Crippen LogP contribution in [0.25, 0.3) is 11.0 Å². The fraction of sp³-hybridized carbons (Fsp3) is 0.235. The molecule has 0 saturated heterocycles. The zero-order valence-electron chi connectivity index (χ0n) is 13.6. The van der Waals surface area contributed by atoms with Gasteiger partial charge in [0.2, 0.25) is 15.9 Å². The monoisotopic (exact) mass is 378 g/mol. The summed E-state index contributed by atoms with van der Waals surface area (Å²) in [4.78, 5) is 12.9. The van der Waals surface area contributed by atoms with Gasteiger partial charge in [-0.15, -0.1) is 11.3 Å². The molecule has 25 heavy (non-hydrogen) atoms. The summed E-state index contributed by atoms with van der Waals surface area (Å²) in [7, 11) is -3.70. The molecule has 3 N–H and O–H groups in total. The fourth-order valence-corrected chi connectivity index (χ4v) is 4.23. The number of furan rings is 1. The largest absolute Gasteiger partial charge is 0.464 e. The minimum atomic E-state index is -3.70. The Morgan fingerprint density at radius 3 is 2.76 bits per heavy atom. The molecule has 8 heteroatoms. The lowest BCUT2D eigenvalue weighted by atomic mass is 10.1. The van der Waals surface area contributed by atoms with E-state index in [1.165, 1.54) is 11.6 Å². The molecule has 1 amide bonds. The molecule has 6 nitrogen and oxygen atoms in total.